The van der Waals surface area contributed by atoms with Crippen LogP contribution in [-0.2, 0) is 19.7 Å². The van der Waals surface area contributed by atoms with E-state index in [1.807, 2.05) is 12.1 Å². The van der Waals surface area contributed by atoms with Crippen molar-refractivity contribution in [2.75, 3.05) is 0 Å². The fourth-order valence-electron chi connectivity index (χ4n) is 5.14. The second kappa shape index (κ2) is 17.2. The van der Waals surface area contributed by atoms with Gasteiger partial charge in [0.1, 0.15) is 0 Å². The van der Waals surface area contributed by atoms with E-state index in [0.29, 0.717) is 33.4 Å². The third-order valence-electron chi connectivity index (χ3n) is 7.52. The van der Waals surface area contributed by atoms with Gasteiger partial charge >= 0.3 is 0 Å². The van der Waals surface area contributed by atoms with Crippen LogP contribution in [0.2, 0.25) is 0 Å². The van der Waals surface area contributed by atoms with E-state index in [1.54, 1.807) is 121 Å². The highest BCUT2D eigenvalue weighted by Gasteiger charge is 2.31. The highest BCUT2D eigenvalue weighted by molar-refractivity contribution is 8.09. The molecule has 1 N–H and O–H groups in total. The van der Waals surface area contributed by atoms with Crippen molar-refractivity contribution in [3.8, 4) is 12.1 Å². The summed E-state index contributed by atoms with van der Waals surface area (Å²) >= 11 is 0. The third kappa shape index (κ3) is 8.12. The minimum absolute atomic E-state index is 0. The summed E-state index contributed by atoms with van der Waals surface area (Å²) in [7, 11) is -7.56. The number of allylic oxidation sites excluding steroid dienone is 8. The van der Waals surface area contributed by atoms with Crippen molar-refractivity contribution in [2.24, 2.45) is 0 Å². The van der Waals surface area contributed by atoms with Crippen molar-refractivity contribution in [1.82, 2.24) is 0 Å². The first-order chi connectivity index (χ1) is 24.1. The molecule has 0 fully saturated rings. The highest BCUT2D eigenvalue weighted by Crippen LogP contribution is 2.40. The topological polar surface area (TPSA) is 155 Å². The predicted molar refractivity (Wildman–Crippen MR) is 203 cm³/mol. The molecule has 4 aromatic carbocycles. The fraction of sp³-hybridized carbons (Fsp3) is 0.0244. The standard InChI is InChI=1S/2C20H12N2O2S.CH4.H2O/c2*1-22-18(14-21)17-12-19(15-8-4-2-5-9-15)25(23,24)20(13-17)16-10-6-3-7-11-16;;/h2*2-13H;1H4;1H2/p-1. The van der Waals surface area contributed by atoms with E-state index in [-0.39, 0.29) is 43.9 Å². The number of hydrogen-bond donors (Lipinski definition) is 0. The van der Waals surface area contributed by atoms with E-state index in [1.165, 1.54) is 24.3 Å². The maximum absolute atomic E-state index is 13.1. The van der Waals surface area contributed by atoms with E-state index in [4.69, 9.17) is 13.1 Å². The van der Waals surface area contributed by atoms with Gasteiger partial charge in [0.05, 0.1) is 44.9 Å². The van der Waals surface area contributed by atoms with Crippen molar-refractivity contribution in [3.05, 3.63) is 213 Å². The normalized spacial score (nSPS) is 14.8. The van der Waals surface area contributed by atoms with Crippen LogP contribution >= 0.6 is 0 Å². The van der Waals surface area contributed by atoms with Gasteiger partial charge in [-0.05, 0) is 57.7 Å². The predicted octanol–water partition coefficient (Wildman–Crippen LogP) is 8.85. The molecule has 9 nitrogen and oxygen atoms in total. The van der Waals surface area contributed by atoms with Crippen molar-refractivity contribution in [3.63, 3.8) is 0 Å². The number of sulfone groups is 2. The van der Waals surface area contributed by atoms with Crippen LogP contribution in [0.25, 0.3) is 29.3 Å². The smallest absolute Gasteiger partial charge is 0.269 e. The van der Waals surface area contributed by atoms with Crippen LogP contribution in [0.4, 0.5) is 0 Å². The molecular formula is C41H29N4O5S2-. The molecule has 0 aliphatic carbocycles. The van der Waals surface area contributed by atoms with Crippen LogP contribution in [-0.4, -0.2) is 22.3 Å². The minimum atomic E-state index is -3.78. The minimum Gasteiger partial charge on any atom is -0.870 e. The van der Waals surface area contributed by atoms with E-state index in [0.717, 1.165) is 0 Å². The molecule has 11 heteroatoms. The van der Waals surface area contributed by atoms with Gasteiger partial charge in [-0.25, -0.2) is 37.0 Å². The molecular weight excluding hydrogens is 693 g/mol. The van der Waals surface area contributed by atoms with Crippen LogP contribution in [0.5, 0.6) is 0 Å². The molecule has 0 saturated carbocycles. The average molecular weight is 722 g/mol. The molecule has 0 radical (unpaired) electrons. The van der Waals surface area contributed by atoms with Crippen LogP contribution in [0.15, 0.2) is 168 Å². The highest BCUT2D eigenvalue weighted by atomic mass is 32.2. The number of nitriles is 2. The number of hydrogen-bond acceptors (Lipinski definition) is 7. The summed E-state index contributed by atoms with van der Waals surface area (Å²) in [6, 6.07) is 38.4. The summed E-state index contributed by atoms with van der Waals surface area (Å²) < 4.78 is 52.6. The van der Waals surface area contributed by atoms with Gasteiger partial charge in [-0.2, -0.15) is 0 Å². The Morgan fingerprint density at radius 1 is 0.462 bits per heavy atom. The zero-order valence-electron chi connectivity index (χ0n) is 26.5. The molecule has 0 amide bonds. The van der Waals surface area contributed by atoms with Gasteiger partial charge in [0, 0.05) is 0 Å². The summed E-state index contributed by atoms with van der Waals surface area (Å²) in [5, 5.41) is 18.4. The first-order valence-electron chi connectivity index (χ1n) is 14.8. The van der Waals surface area contributed by atoms with Crippen LogP contribution in [0, 0.1) is 35.8 Å². The van der Waals surface area contributed by atoms with Crippen LogP contribution in [0.3, 0.4) is 0 Å². The Morgan fingerprint density at radius 3 is 0.846 bits per heavy atom. The first-order valence-corrected chi connectivity index (χ1v) is 17.7. The molecule has 6 rings (SSSR count). The summed E-state index contributed by atoms with van der Waals surface area (Å²) in [5.74, 6) is 0. The van der Waals surface area contributed by atoms with Crippen molar-refractivity contribution >= 4 is 39.3 Å². The lowest BCUT2D eigenvalue weighted by atomic mass is 10.1. The molecule has 0 bridgehead atoms. The number of benzene rings is 4. The number of rotatable bonds is 4. The van der Waals surface area contributed by atoms with Crippen molar-refractivity contribution in [1.29, 1.82) is 10.5 Å². The molecule has 256 valence electrons. The molecule has 4 aromatic rings. The van der Waals surface area contributed by atoms with Crippen molar-refractivity contribution < 1.29 is 22.3 Å². The molecule has 0 unspecified atom stereocenters. The Morgan fingerprint density at radius 2 is 0.673 bits per heavy atom. The monoisotopic (exact) mass is 721 g/mol. The molecule has 52 heavy (non-hydrogen) atoms. The van der Waals surface area contributed by atoms with Crippen LogP contribution in [0.1, 0.15) is 29.7 Å². The second-order valence-electron chi connectivity index (χ2n) is 10.6. The van der Waals surface area contributed by atoms with Gasteiger partial charge in [-0.15, -0.1) is 0 Å². The molecule has 0 spiro atoms. The molecule has 2 aliphatic heterocycles. The molecule has 2 heterocycles. The second-order valence-corrected chi connectivity index (χ2v) is 14.3. The lowest BCUT2D eigenvalue weighted by Crippen LogP contribution is -2.11. The third-order valence-corrected chi connectivity index (χ3v) is 11.3. The maximum atomic E-state index is 13.1. The Hall–Kier alpha value is -6.86. The summed E-state index contributed by atoms with van der Waals surface area (Å²) in [5.41, 5.74) is 2.38. The summed E-state index contributed by atoms with van der Waals surface area (Å²) in [6.07, 6.45) is 5.59. The van der Waals surface area contributed by atoms with Gasteiger partial charge in [-0.1, -0.05) is 129 Å². The Labute approximate surface area is 303 Å². The largest absolute Gasteiger partial charge is 0.870 e. The lowest BCUT2D eigenvalue weighted by molar-refractivity contribution is 0.613. The Balaban J connectivity index is 0.000000270. The van der Waals surface area contributed by atoms with E-state index in [9.17, 15) is 27.4 Å². The molecule has 0 atom stereocenters. The maximum Gasteiger partial charge on any atom is 0.269 e. The van der Waals surface area contributed by atoms with Crippen LogP contribution < -0.4 is 0 Å². The van der Waals surface area contributed by atoms with Gasteiger partial charge < -0.3 is 5.48 Å². The first kappa shape index (κ1) is 39.6. The quantitative estimate of drug-likeness (QED) is 0.151. The van der Waals surface area contributed by atoms with Gasteiger partial charge in [0.15, 0.2) is 0 Å². The summed E-state index contributed by atoms with van der Waals surface area (Å²) in [4.78, 5) is 6.77. The van der Waals surface area contributed by atoms with E-state index < -0.39 is 19.7 Å². The van der Waals surface area contributed by atoms with Crippen molar-refractivity contribution in [2.45, 2.75) is 7.43 Å². The molecule has 0 aromatic heterocycles. The fourth-order valence-corrected chi connectivity index (χ4v) is 8.53. The average Bonchev–Trinajstić information content (AvgIpc) is 3.15. The Kier molecular flexibility index (Phi) is 13.1. The zero-order valence-corrected chi connectivity index (χ0v) is 28.2. The zero-order chi connectivity index (χ0) is 35.7. The molecule has 2 aliphatic rings. The SMILES string of the molecule is C.[C-]#[N+]C(C#N)=C1C=C(c2ccccc2)S(=O)(=O)C(c2ccccc2)=C1.[C-]#[N+]C(C#N)=C1C=C(c2ccccc2)S(=O)(=O)C(c2ccccc2)=C1.[OH-]. The van der Waals surface area contributed by atoms with E-state index in [2.05, 4.69) is 9.69 Å². The van der Waals surface area contributed by atoms with Gasteiger partial charge in [0.2, 0.25) is 19.7 Å². The van der Waals surface area contributed by atoms with E-state index >= 15 is 0 Å². The Bertz CT molecular complexity index is 2220. The van der Waals surface area contributed by atoms with Gasteiger partial charge in [0.25, 0.3) is 11.4 Å². The lowest BCUT2D eigenvalue weighted by Gasteiger charge is -2.18. The summed E-state index contributed by atoms with van der Waals surface area (Å²) in [6.45, 7) is 14.3. The molecule has 0 saturated heterocycles. The van der Waals surface area contributed by atoms with Gasteiger partial charge in [-0.3, -0.25) is 0 Å². The number of nitrogens with zero attached hydrogens (tertiary/aromatic N) is 4.